The molecule has 1 N–H and O–H groups in total. The van der Waals surface area contributed by atoms with Gasteiger partial charge in [-0.25, -0.2) is 0 Å². The fourth-order valence-electron chi connectivity index (χ4n) is 0.250. The molecule has 0 aliphatic rings. The molecule has 0 atom stereocenters. The molecular formula is C4H11ClNTi. The Kier molecular flexibility index (Phi) is 24.5. The summed E-state index contributed by atoms with van der Waals surface area (Å²) in [6.45, 7) is 6.39. The van der Waals surface area contributed by atoms with Gasteiger partial charge in [0, 0.05) is 0 Å². The summed E-state index contributed by atoms with van der Waals surface area (Å²) in [7, 11) is 4.64. The van der Waals surface area contributed by atoms with Gasteiger partial charge in [0.2, 0.25) is 0 Å². The second kappa shape index (κ2) is 15.8. The van der Waals surface area contributed by atoms with Crippen LogP contribution in [-0.2, 0) is 19.4 Å². The van der Waals surface area contributed by atoms with Crippen molar-refractivity contribution < 1.29 is 19.4 Å². The number of rotatable bonds is 2. The summed E-state index contributed by atoms with van der Waals surface area (Å²) in [6, 6.07) is 0. The number of hydrogen-bond acceptors (Lipinski definition) is 1. The van der Waals surface area contributed by atoms with Crippen LogP contribution >= 0.6 is 9.30 Å². The Labute approximate surface area is 61.1 Å². The van der Waals surface area contributed by atoms with E-state index in [9.17, 15) is 0 Å². The van der Waals surface area contributed by atoms with Gasteiger partial charge >= 0.3 is 28.7 Å². The van der Waals surface area contributed by atoms with Gasteiger partial charge in [0.25, 0.3) is 0 Å². The molecule has 0 aliphatic carbocycles. The van der Waals surface area contributed by atoms with E-state index in [1.807, 2.05) is 0 Å². The first-order chi connectivity index (χ1) is 3.41. The zero-order chi connectivity index (χ0) is 6.12. The Morgan fingerprint density at radius 2 is 1.57 bits per heavy atom. The van der Waals surface area contributed by atoms with Crippen molar-refractivity contribution in [3.05, 3.63) is 0 Å². The summed E-state index contributed by atoms with van der Waals surface area (Å²) in [5, 5.41) is 3.11. The Hall–Kier alpha value is 0.964. The van der Waals surface area contributed by atoms with Gasteiger partial charge in [-0.15, -0.1) is 0 Å². The van der Waals surface area contributed by atoms with Crippen molar-refractivity contribution in [3.8, 4) is 0 Å². The molecule has 0 aliphatic heterocycles. The van der Waals surface area contributed by atoms with Crippen molar-refractivity contribution in [1.29, 1.82) is 0 Å². The molecule has 0 aromatic rings. The molecule has 0 spiro atoms. The molecule has 0 aromatic carbocycles. The van der Waals surface area contributed by atoms with E-state index in [1.165, 1.54) is 19.4 Å². The van der Waals surface area contributed by atoms with E-state index in [4.69, 9.17) is 0 Å². The van der Waals surface area contributed by atoms with Crippen LogP contribution in [0.15, 0.2) is 0 Å². The van der Waals surface area contributed by atoms with E-state index in [1.54, 1.807) is 0 Å². The maximum absolute atomic E-state index is 4.64. The minimum atomic E-state index is 1.09. The first-order valence-electron chi connectivity index (χ1n) is 2.31. The van der Waals surface area contributed by atoms with E-state index in [-0.39, 0.29) is 0 Å². The van der Waals surface area contributed by atoms with Crippen molar-refractivity contribution in [2.24, 2.45) is 0 Å². The Bertz CT molecular complexity index is 19.2. The molecule has 0 amide bonds. The van der Waals surface area contributed by atoms with Crippen LogP contribution in [0.1, 0.15) is 13.8 Å². The van der Waals surface area contributed by atoms with Crippen molar-refractivity contribution in [1.82, 2.24) is 5.32 Å². The minimum absolute atomic E-state index is 1.09. The number of nitrogens with one attached hydrogen (secondary N) is 1. The van der Waals surface area contributed by atoms with Gasteiger partial charge in [0.05, 0.1) is 0 Å². The fourth-order valence-corrected chi connectivity index (χ4v) is 0.250. The molecule has 0 fully saturated rings. The van der Waals surface area contributed by atoms with Crippen LogP contribution in [0.5, 0.6) is 0 Å². The second-order valence-electron chi connectivity index (χ2n) is 0.957. The van der Waals surface area contributed by atoms with Crippen LogP contribution in [0.4, 0.5) is 0 Å². The van der Waals surface area contributed by atoms with Gasteiger partial charge in [-0.05, 0) is 13.1 Å². The summed E-state index contributed by atoms with van der Waals surface area (Å²) in [6.07, 6.45) is 0. The van der Waals surface area contributed by atoms with Crippen molar-refractivity contribution in [2.75, 3.05) is 13.1 Å². The van der Waals surface area contributed by atoms with Gasteiger partial charge < -0.3 is 5.32 Å². The fraction of sp³-hybridized carbons (Fsp3) is 1.00. The second-order valence-corrected chi connectivity index (χ2v) is 0.957. The predicted octanol–water partition coefficient (Wildman–Crippen LogP) is 1.30. The van der Waals surface area contributed by atoms with Crippen LogP contribution in [-0.4, -0.2) is 13.1 Å². The summed E-state index contributed by atoms with van der Waals surface area (Å²) < 4.78 is 0. The van der Waals surface area contributed by atoms with Crippen molar-refractivity contribution >= 4 is 9.30 Å². The zero-order valence-electron chi connectivity index (χ0n) is 4.79. The van der Waals surface area contributed by atoms with E-state index in [2.05, 4.69) is 28.5 Å². The molecule has 0 heterocycles. The third kappa shape index (κ3) is 19.5. The monoisotopic (exact) mass is 156 g/mol. The molecule has 0 saturated heterocycles. The molecule has 0 unspecified atom stereocenters. The summed E-state index contributed by atoms with van der Waals surface area (Å²) in [4.78, 5) is 0. The number of halogens is 1. The molecule has 0 saturated carbocycles. The molecule has 3 heteroatoms. The first-order valence-corrected chi connectivity index (χ1v) is 4.46. The maximum atomic E-state index is 4.64. The topological polar surface area (TPSA) is 12.0 Å². The summed E-state index contributed by atoms with van der Waals surface area (Å²) >= 11 is 1.47. The van der Waals surface area contributed by atoms with Gasteiger partial charge in [0.15, 0.2) is 0 Å². The molecule has 43 valence electrons. The quantitative estimate of drug-likeness (QED) is 0.595. The van der Waals surface area contributed by atoms with Crippen LogP contribution in [0.25, 0.3) is 0 Å². The molecular weight excluding hydrogens is 145 g/mol. The normalized spacial score (nSPS) is 6.57. The van der Waals surface area contributed by atoms with Crippen LogP contribution in [0.3, 0.4) is 0 Å². The molecule has 7 heavy (non-hydrogen) atoms. The van der Waals surface area contributed by atoms with Crippen molar-refractivity contribution in [2.45, 2.75) is 13.8 Å². The summed E-state index contributed by atoms with van der Waals surface area (Å²) in [5.74, 6) is 0. The van der Waals surface area contributed by atoms with Gasteiger partial charge in [-0.2, -0.15) is 0 Å². The summed E-state index contributed by atoms with van der Waals surface area (Å²) in [5.41, 5.74) is 0. The molecule has 0 radical (unpaired) electrons. The van der Waals surface area contributed by atoms with Gasteiger partial charge in [-0.3, -0.25) is 0 Å². The SMILES string of the molecule is CCNCC.[Cl][Ti]. The Morgan fingerprint density at radius 1 is 1.29 bits per heavy atom. The van der Waals surface area contributed by atoms with Crippen molar-refractivity contribution in [3.63, 3.8) is 0 Å². The van der Waals surface area contributed by atoms with E-state index in [0.29, 0.717) is 0 Å². The number of hydrogen-bond donors (Lipinski definition) is 1. The zero-order valence-corrected chi connectivity index (χ0v) is 7.11. The van der Waals surface area contributed by atoms with Gasteiger partial charge in [0.1, 0.15) is 0 Å². The van der Waals surface area contributed by atoms with E-state index >= 15 is 0 Å². The average molecular weight is 156 g/mol. The standard InChI is InChI=1S/C4H11N.ClH.Ti/c1-3-5-4-2;;/h5H,3-4H2,1-2H3;1H;/q;;+1/p-1. The Morgan fingerprint density at radius 3 is 1.57 bits per heavy atom. The molecule has 0 rings (SSSR count). The first kappa shape index (κ1) is 10.9. The van der Waals surface area contributed by atoms with Gasteiger partial charge in [-0.1, -0.05) is 13.8 Å². The van der Waals surface area contributed by atoms with Crippen LogP contribution in [0.2, 0.25) is 0 Å². The molecule has 0 aromatic heterocycles. The van der Waals surface area contributed by atoms with Crippen LogP contribution < -0.4 is 5.32 Å². The van der Waals surface area contributed by atoms with E-state index < -0.39 is 0 Å². The van der Waals surface area contributed by atoms with E-state index in [0.717, 1.165) is 13.1 Å². The average Bonchev–Trinajstić information content (AvgIpc) is 1.75. The molecule has 0 bridgehead atoms. The third-order valence-corrected chi connectivity index (χ3v) is 0.500. The molecule has 1 nitrogen and oxygen atoms in total. The van der Waals surface area contributed by atoms with Crippen LogP contribution in [0, 0.1) is 0 Å². The Balaban J connectivity index is 0. The predicted molar refractivity (Wildman–Crippen MR) is 30.1 cm³/mol. The third-order valence-electron chi connectivity index (χ3n) is 0.500.